The summed E-state index contributed by atoms with van der Waals surface area (Å²) in [5.74, 6) is 1.50. The Balaban J connectivity index is 2.46. The highest BCUT2D eigenvalue weighted by atomic mass is 35.5. The second-order valence-electron chi connectivity index (χ2n) is 2.78. The molecule has 1 heterocycles. The predicted octanol–water partition coefficient (Wildman–Crippen LogP) is 2.74. The highest BCUT2D eigenvalue weighted by Crippen LogP contribution is 2.28. The van der Waals surface area contributed by atoms with Crippen molar-refractivity contribution in [2.45, 2.75) is 0 Å². The summed E-state index contributed by atoms with van der Waals surface area (Å²) in [7, 11) is 1.61. The van der Waals surface area contributed by atoms with Crippen molar-refractivity contribution in [3.63, 3.8) is 0 Å². The fourth-order valence-corrected chi connectivity index (χ4v) is 1.49. The SMILES string of the molecule is COc1ccc(-c2ncc[nH]2)c(Cl)c1. The highest BCUT2D eigenvalue weighted by Gasteiger charge is 2.06. The van der Waals surface area contributed by atoms with Crippen LogP contribution in [0.25, 0.3) is 11.4 Å². The van der Waals surface area contributed by atoms with E-state index in [-0.39, 0.29) is 0 Å². The van der Waals surface area contributed by atoms with Gasteiger partial charge >= 0.3 is 0 Å². The topological polar surface area (TPSA) is 37.9 Å². The van der Waals surface area contributed by atoms with E-state index in [1.165, 1.54) is 0 Å². The molecular formula is C10H9ClN2O. The lowest BCUT2D eigenvalue weighted by atomic mass is 10.2. The molecule has 0 bridgehead atoms. The van der Waals surface area contributed by atoms with E-state index in [0.717, 1.165) is 17.1 Å². The van der Waals surface area contributed by atoms with E-state index in [1.54, 1.807) is 25.6 Å². The van der Waals surface area contributed by atoms with Gasteiger partial charge in [0.2, 0.25) is 0 Å². The fraction of sp³-hybridized carbons (Fsp3) is 0.100. The number of aromatic amines is 1. The van der Waals surface area contributed by atoms with Crippen LogP contribution < -0.4 is 4.74 Å². The second-order valence-corrected chi connectivity index (χ2v) is 3.19. The van der Waals surface area contributed by atoms with Gasteiger partial charge in [0, 0.05) is 18.0 Å². The van der Waals surface area contributed by atoms with Crippen LogP contribution in [0.4, 0.5) is 0 Å². The largest absolute Gasteiger partial charge is 0.497 e. The molecule has 2 rings (SSSR count). The van der Waals surface area contributed by atoms with Crippen LogP contribution in [-0.4, -0.2) is 17.1 Å². The molecule has 1 aromatic heterocycles. The molecule has 0 amide bonds. The van der Waals surface area contributed by atoms with Crippen LogP contribution >= 0.6 is 11.6 Å². The third kappa shape index (κ3) is 1.59. The highest BCUT2D eigenvalue weighted by molar-refractivity contribution is 6.33. The van der Waals surface area contributed by atoms with Crippen molar-refractivity contribution in [1.82, 2.24) is 9.97 Å². The quantitative estimate of drug-likeness (QED) is 0.824. The van der Waals surface area contributed by atoms with Gasteiger partial charge in [-0.25, -0.2) is 4.98 Å². The van der Waals surface area contributed by atoms with Gasteiger partial charge in [-0.1, -0.05) is 11.6 Å². The maximum Gasteiger partial charge on any atom is 0.138 e. The Morgan fingerprint density at radius 2 is 2.29 bits per heavy atom. The van der Waals surface area contributed by atoms with Crippen LogP contribution in [0.3, 0.4) is 0 Å². The van der Waals surface area contributed by atoms with Crippen LogP contribution in [0.2, 0.25) is 5.02 Å². The minimum Gasteiger partial charge on any atom is -0.497 e. The number of H-pyrrole nitrogens is 1. The summed E-state index contributed by atoms with van der Waals surface area (Å²) in [6.07, 6.45) is 3.45. The van der Waals surface area contributed by atoms with Crippen LogP contribution in [-0.2, 0) is 0 Å². The predicted molar refractivity (Wildman–Crippen MR) is 55.6 cm³/mol. The molecule has 0 spiro atoms. The normalized spacial score (nSPS) is 10.1. The monoisotopic (exact) mass is 208 g/mol. The van der Waals surface area contributed by atoms with E-state index in [1.807, 2.05) is 12.1 Å². The lowest BCUT2D eigenvalue weighted by Crippen LogP contribution is -1.85. The number of aromatic nitrogens is 2. The van der Waals surface area contributed by atoms with Crippen molar-refractivity contribution in [2.24, 2.45) is 0 Å². The Bertz CT molecular complexity index is 426. The molecule has 0 unspecified atom stereocenters. The number of nitrogens with one attached hydrogen (secondary N) is 1. The van der Waals surface area contributed by atoms with E-state index in [4.69, 9.17) is 16.3 Å². The van der Waals surface area contributed by atoms with E-state index < -0.39 is 0 Å². The maximum absolute atomic E-state index is 6.06. The summed E-state index contributed by atoms with van der Waals surface area (Å²) in [4.78, 5) is 7.12. The number of halogens is 1. The molecule has 0 aliphatic carbocycles. The van der Waals surface area contributed by atoms with E-state index in [0.29, 0.717) is 5.02 Å². The van der Waals surface area contributed by atoms with Gasteiger partial charge in [0.25, 0.3) is 0 Å². The molecule has 14 heavy (non-hydrogen) atoms. The van der Waals surface area contributed by atoms with Gasteiger partial charge in [-0.05, 0) is 18.2 Å². The second kappa shape index (κ2) is 3.72. The average Bonchev–Trinajstić information content (AvgIpc) is 2.70. The first kappa shape index (κ1) is 9.09. The van der Waals surface area contributed by atoms with Crippen LogP contribution in [0.15, 0.2) is 30.6 Å². The molecule has 4 heteroatoms. The first-order valence-corrected chi connectivity index (χ1v) is 4.52. The zero-order valence-electron chi connectivity index (χ0n) is 7.62. The molecule has 1 N–H and O–H groups in total. The standard InChI is InChI=1S/C10H9ClN2O/c1-14-7-2-3-8(9(11)6-7)10-12-4-5-13-10/h2-6H,1H3,(H,12,13). The summed E-state index contributed by atoms with van der Waals surface area (Å²) < 4.78 is 5.05. The summed E-state index contributed by atoms with van der Waals surface area (Å²) in [6.45, 7) is 0. The number of ether oxygens (including phenoxy) is 1. The van der Waals surface area contributed by atoms with E-state index in [9.17, 15) is 0 Å². The van der Waals surface area contributed by atoms with Gasteiger partial charge in [-0.2, -0.15) is 0 Å². The number of methoxy groups -OCH3 is 1. The fourth-order valence-electron chi connectivity index (χ4n) is 1.23. The van der Waals surface area contributed by atoms with Crippen molar-refractivity contribution in [3.8, 4) is 17.1 Å². The van der Waals surface area contributed by atoms with Gasteiger partial charge in [-0.15, -0.1) is 0 Å². The molecule has 72 valence electrons. The smallest absolute Gasteiger partial charge is 0.138 e. The minimum atomic E-state index is 0.624. The lowest BCUT2D eigenvalue weighted by Gasteiger charge is -2.03. The minimum absolute atomic E-state index is 0.624. The average molecular weight is 209 g/mol. The van der Waals surface area contributed by atoms with E-state index >= 15 is 0 Å². The van der Waals surface area contributed by atoms with Crippen molar-refractivity contribution in [1.29, 1.82) is 0 Å². The number of hydrogen-bond donors (Lipinski definition) is 1. The first-order valence-electron chi connectivity index (χ1n) is 4.14. The molecule has 0 aliphatic rings. The third-order valence-corrected chi connectivity index (χ3v) is 2.24. The molecule has 1 aromatic carbocycles. The Morgan fingerprint density at radius 1 is 1.43 bits per heavy atom. The third-order valence-electron chi connectivity index (χ3n) is 1.93. The summed E-state index contributed by atoms with van der Waals surface area (Å²) in [5.41, 5.74) is 0.873. The number of hydrogen-bond acceptors (Lipinski definition) is 2. The molecule has 0 aliphatic heterocycles. The summed E-state index contributed by atoms with van der Waals surface area (Å²) in [5, 5.41) is 0.624. The molecule has 0 fully saturated rings. The Kier molecular flexibility index (Phi) is 2.41. The molecule has 0 radical (unpaired) electrons. The Labute approximate surface area is 86.7 Å². The van der Waals surface area contributed by atoms with Crippen LogP contribution in [0.1, 0.15) is 0 Å². The van der Waals surface area contributed by atoms with Crippen LogP contribution in [0.5, 0.6) is 5.75 Å². The summed E-state index contributed by atoms with van der Waals surface area (Å²) in [6, 6.07) is 5.49. The first-order chi connectivity index (χ1) is 6.81. The zero-order chi connectivity index (χ0) is 9.97. The van der Waals surface area contributed by atoms with Gasteiger partial charge in [0.15, 0.2) is 0 Å². The van der Waals surface area contributed by atoms with Crippen molar-refractivity contribution < 1.29 is 4.74 Å². The lowest BCUT2D eigenvalue weighted by molar-refractivity contribution is 0.415. The van der Waals surface area contributed by atoms with Gasteiger partial charge in [0.1, 0.15) is 11.6 Å². The van der Waals surface area contributed by atoms with Crippen LogP contribution in [0, 0.1) is 0 Å². The number of rotatable bonds is 2. The Hall–Kier alpha value is -1.48. The molecule has 0 saturated carbocycles. The molecule has 2 aromatic rings. The molecule has 0 saturated heterocycles. The number of imidazole rings is 1. The molecular weight excluding hydrogens is 200 g/mol. The number of nitrogens with zero attached hydrogens (tertiary/aromatic N) is 1. The van der Waals surface area contributed by atoms with Gasteiger partial charge < -0.3 is 9.72 Å². The van der Waals surface area contributed by atoms with Crippen molar-refractivity contribution >= 4 is 11.6 Å². The molecule has 3 nitrogen and oxygen atoms in total. The van der Waals surface area contributed by atoms with Gasteiger partial charge in [0.05, 0.1) is 12.1 Å². The maximum atomic E-state index is 6.06. The van der Waals surface area contributed by atoms with Crippen molar-refractivity contribution in [3.05, 3.63) is 35.6 Å². The zero-order valence-corrected chi connectivity index (χ0v) is 8.38. The number of benzene rings is 1. The van der Waals surface area contributed by atoms with Gasteiger partial charge in [-0.3, -0.25) is 0 Å². The van der Waals surface area contributed by atoms with E-state index in [2.05, 4.69) is 9.97 Å². The molecule has 0 atom stereocenters. The summed E-state index contributed by atoms with van der Waals surface area (Å²) >= 11 is 6.06. The Morgan fingerprint density at radius 3 is 2.86 bits per heavy atom. The van der Waals surface area contributed by atoms with Crippen molar-refractivity contribution in [2.75, 3.05) is 7.11 Å².